The van der Waals surface area contributed by atoms with Crippen molar-refractivity contribution < 1.29 is 14.3 Å². The standard InChI is InChI=1S/C23H19Br3N2O3/c1-30-19-8-4-15(5-9-19)12-22(29)28-27-13-17-10-20(25)23(21(26)11-17)31-14-16-2-6-18(24)7-3-16/h2-11,13H,12,14H2,1H3,(H,28,29)/b27-13-. The van der Waals surface area contributed by atoms with E-state index in [1.165, 1.54) is 0 Å². The molecule has 0 radical (unpaired) electrons. The highest BCUT2D eigenvalue weighted by Crippen LogP contribution is 2.35. The van der Waals surface area contributed by atoms with Gasteiger partial charge < -0.3 is 9.47 Å². The summed E-state index contributed by atoms with van der Waals surface area (Å²) in [5, 5.41) is 4.05. The summed E-state index contributed by atoms with van der Waals surface area (Å²) in [6.45, 7) is 0.444. The Balaban J connectivity index is 1.56. The van der Waals surface area contributed by atoms with Crippen LogP contribution in [0.5, 0.6) is 11.5 Å². The maximum atomic E-state index is 12.1. The average Bonchev–Trinajstić information content (AvgIpc) is 2.75. The maximum Gasteiger partial charge on any atom is 0.244 e. The summed E-state index contributed by atoms with van der Waals surface area (Å²) in [5.41, 5.74) is 5.29. The largest absolute Gasteiger partial charge is 0.497 e. The second-order valence-electron chi connectivity index (χ2n) is 6.55. The van der Waals surface area contributed by atoms with E-state index in [4.69, 9.17) is 9.47 Å². The molecule has 0 bridgehead atoms. The van der Waals surface area contributed by atoms with Crippen molar-refractivity contribution in [1.82, 2.24) is 5.43 Å². The molecule has 8 heteroatoms. The second-order valence-corrected chi connectivity index (χ2v) is 9.17. The molecular weight excluding hydrogens is 592 g/mol. The van der Waals surface area contributed by atoms with Gasteiger partial charge in [-0.15, -0.1) is 0 Å². The highest BCUT2D eigenvalue weighted by atomic mass is 79.9. The number of hydrogen-bond acceptors (Lipinski definition) is 4. The first-order chi connectivity index (χ1) is 14.9. The van der Waals surface area contributed by atoms with Crippen molar-refractivity contribution in [1.29, 1.82) is 0 Å². The van der Waals surface area contributed by atoms with Crippen molar-refractivity contribution in [2.24, 2.45) is 5.10 Å². The molecule has 0 spiro atoms. The fraction of sp³-hybridized carbons (Fsp3) is 0.130. The van der Waals surface area contributed by atoms with Crippen LogP contribution in [0, 0.1) is 0 Å². The van der Waals surface area contributed by atoms with Gasteiger partial charge in [0.1, 0.15) is 18.1 Å². The molecule has 0 unspecified atom stereocenters. The van der Waals surface area contributed by atoms with Gasteiger partial charge in [-0.1, -0.05) is 40.2 Å². The fourth-order valence-electron chi connectivity index (χ4n) is 2.68. The van der Waals surface area contributed by atoms with Gasteiger partial charge in [0.05, 0.1) is 28.7 Å². The number of benzene rings is 3. The highest BCUT2D eigenvalue weighted by Gasteiger charge is 2.09. The van der Waals surface area contributed by atoms with E-state index in [9.17, 15) is 4.79 Å². The van der Waals surface area contributed by atoms with E-state index in [1.807, 2.05) is 60.7 Å². The van der Waals surface area contributed by atoms with Gasteiger partial charge in [-0.05, 0) is 84.9 Å². The number of hydrogen-bond donors (Lipinski definition) is 1. The number of nitrogens with one attached hydrogen (secondary N) is 1. The minimum atomic E-state index is -0.200. The molecule has 0 aliphatic heterocycles. The van der Waals surface area contributed by atoms with Crippen LogP contribution < -0.4 is 14.9 Å². The van der Waals surface area contributed by atoms with Crippen LogP contribution in [-0.2, 0) is 17.8 Å². The number of hydrazone groups is 1. The molecule has 0 saturated heterocycles. The molecule has 160 valence electrons. The normalized spacial score (nSPS) is 10.8. The van der Waals surface area contributed by atoms with E-state index in [0.717, 1.165) is 35.9 Å². The Bertz CT molecular complexity index is 1050. The van der Waals surface area contributed by atoms with Gasteiger partial charge in [0, 0.05) is 4.47 Å². The molecule has 0 aliphatic carbocycles. The summed E-state index contributed by atoms with van der Waals surface area (Å²) in [6, 6.07) is 19.1. The summed E-state index contributed by atoms with van der Waals surface area (Å²) in [7, 11) is 1.61. The number of rotatable bonds is 8. The monoisotopic (exact) mass is 608 g/mol. The predicted molar refractivity (Wildman–Crippen MR) is 133 cm³/mol. The van der Waals surface area contributed by atoms with Crippen molar-refractivity contribution in [3.05, 3.63) is 90.8 Å². The summed E-state index contributed by atoms with van der Waals surface area (Å²) < 4.78 is 13.6. The number of amides is 1. The van der Waals surface area contributed by atoms with Gasteiger partial charge in [-0.3, -0.25) is 4.79 Å². The number of methoxy groups -OCH3 is 1. The van der Waals surface area contributed by atoms with E-state index in [-0.39, 0.29) is 12.3 Å². The van der Waals surface area contributed by atoms with Gasteiger partial charge >= 0.3 is 0 Å². The smallest absolute Gasteiger partial charge is 0.244 e. The third kappa shape index (κ3) is 7.19. The van der Waals surface area contributed by atoms with Crippen molar-refractivity contribution in [3.8, 4) is 11.5 Å². The van der Waals surface area contributed by atoms with Gasteiger partial charge in [-0.2, -0.15) is 5.10 Å². The predicted octanol–water partition coefficient (Wildman–Crippen LogP) is 6.25. The van der Waals surface area contributed by atoms with Crippen LogP contribution in [0.3, 0.4) is 0 Å². The first kappa shape index (κ1) is 23.5. The van der Waals surface area contributed by atoms with Crippen molar-refractivity contribution in [2.45, 2.75) is 13.0 Å². The highest BCUT2D eigenvalue weighted by molar-refractivity contribution is 9.11. The molecule has 0 atom stereocenters. The minimum Gasteiger partial charge on any atom is -0.497 e. The second kappa shape index (κ2) is 11.5. The first-order valence-electron chi connectivity index (χ1n) is 9.25. The van der Waals surface area contributed by atoms with Crippen molar-refractivity contribution >= 4 is 59.9 Å². The summed E-state index contributed by atoms with van der Waals surface area (Å²) in [5.74, 6) is 1.25. The fourth-order valence-corrected chi connectivity index (χ4v) is 4.39. The number of halogens is 3. The third-order valence-corrected chi connectivity index (χ3v) is 5.95. The Kier molecular flexibility index (Phi) is 8.69. The lowest BCUT2D eigenvalue weighted by molar-refractivity contribution is -0.120. The summed E-state index contributed by atoms with van der Waals surface area (Å²) in [4.78, 5) is 12.1. The molecule has 3 rings (SSSR count). The average molecular weight is 611 g/mol. The molecular formula is C23H19Br3N2O3. The first-order valence-corrected chi connectivity index (χ1v) is 11.6. The molecule has 1 amide bonds. The van der Waals surface area contributed by atoms with E-state index in [2.05, 4.69) is 58.3 Å². The zero-order chi connectivity index (χ0) is 22.2. The van der Waals surface area contributed by atoms with E-state index >= 15 is 0 Å². The van der Waals surface area contributed by atoms with Gasteiger partial charge in [0.25, 0.3) is 0 Å². The number of ether oxygens (including phenoxy) is 2. The van der Waals surface area contributed by atoms with Crippen LogP contribution in [0.15, 0.2) is 79.2 Å². The number of carbonyl (C=O) groups excluding carboxylic acids is 1. The minimum absolute atomic E-state index is 0.200. The quantitative estimate of drug-likeness (QED) is 0.242. The van der Waals surface area contributed by atoms with Crippen LogP contribution >= 0.6 is 47.8 Å². The molecule has 0 fully saturated rings. The maximum absolute atomic E-state index is 12.1. The van der Waals surface area contributed by atoms with Gasteiger partial charge in [0.15, 0.2) is 0 Å². The third-order valence-electron chi connectivity index (χ3n) is 4.24. The van der Waals surface area contributed by atoms with E-state index in [0.29, 0.717) is 12.4 Å². The Morgan fingerprint density at radius 3 is 2.19 bits per heavy atom. The van der Waals surface area contributed by atoms with Crippen molar-refractivity contribution in [2.75, 3.05) is 7.11 Å². The molecule has 1 N–H and O–H groups in total. The lowest BCUT2D eigenvalue weighted by Crippen LogP contribution is -2.19. The topological polar surface area (TPSA) is 59.9 Å². The molecule has 0 aromatic heterocycles. The van der Waals surface area contributed by atoms with Gasteiger partial charge in [0.2, 0.25) is 5.91 Å². The lowest BCUT2D eigenvalue weighted by Gasteiger charge is -2.11. The van der Waals surface area contributed by atoms with Crippen LogP contribution in [0.2, 0.25) is 0 Å². The Labute approximate surface area is 206 Å². The zero-order valence-corrected chi connectivity index (χ0v) is 21.3. The molecule has 3 aromatic rings. The number of carbonyl (C=O) groups is 1. The van der Waals surface area contributed by atoms with Gasteiger partial charge in [-0.25, -0.2) is 5.43 Å². The van der Waals surface area contributed by atoms with Crippen LogP contribution in [0.25, 0.3) is 0 Å². The molecule has 5 nitrogen and oxygen atoms in total. The lowest BCUT2D eigenvalue weighted by atomic mass is 10.1. The number of nitrogens with zero attached hydrogens (tertiary/aromatic N) is 1. The Morgan fingerprint density at radius 2 is 1.58 bits per heavy atom. The summed E-state index contributed by atoms with van der Waals surface area (Å²) in [6.07, 6.45) is 1.82. The van der Waals surface area contributed by atoms with Crippen molar-refractivity contribution in [3.63, 3.8) is 0 Å². The Morgan fingerprint density at radius 1 is 0.968 bits per heavy atom. The SMILES string of the molecule is COc1ccc(CC(=O)N/N=C\c2cc(Br)c(OCc3ccc(Br)cc3)c(Br)c2)cc1. The molecule has 0 aliphatic rings. The molecule has 3 aromatic carbocycles. The molecule has 0 heterocycles. The van der Waals surface area contributed by atoms with Crippen LogP contribution in [0.4, 0.5) is 0 Å². The molecule has 31 heavy (non-hydrogen) atoms. The molecule has 0 saturated carbocycles. The van der Waals surface area contributed by atoms with Crippen LogP contribution in [0.1, 0.15) is 16.7 Å². The summed E-state index contributed by atoms with van der Waals surface area (Å²) >= 11 is 10.5. The zero-order valence-electron chi connectivity index (χ0n) is 16.6. The van der Waals surface area contributed by atoms with Crippen LogP contribution in [-0.4, -0.2) is 19.2 Å². The Hall–Kier alpha value is -2.16. The van der Waals surface area contributed by atoms with E-state index in [1.54, 1.807) is 13.3 Å². The van der Waals surface area contributed by atoms with E-state index < -0.39 is 0 Å².